The molecule has 0 aliphatic carbocycles. The van der Waals surface area contributed by atoms with Gasteiger partial charge >= 0.3 is 5.97 Å². The van der Waals surface area contributed by atoms with Crippen molar-refractivity contribution in [1.82, 2.24) is 4.90 Å². The summed E-state index contributed by atoms with van der Waals surface area (Å²) in [7, 11) is 0. The van der Waals surface area contributed by atoms with Gasteiger partial charge in [0.1, 0.15) is 0 Å². The van der Waals surface area contributed by atoms with Gasteiger partial charge in [-0.1, -0.05) is 20.3 Å². The SMILES string of the molecule is CCOC(=O)[C@H](CN)[C@H](C(C)C)N1CCCCC1. The van der Waals surface area contributed by atoms with Crippen molar-refractivity contribution < 1.29 is 9.53 Å². The number of nitrogens with two attached hydrogens (primary N) is 1. The summed E-state index contributed by atoms with van der Waals surface area (Å²) in [4.78, 5) is 14.5. The van der Waals surface area contributed by atoms with Crippen LogP contribution in [0, 0.1) is 11.8 Å². The molecule has 0 saturated carbocycles. The molecule has 0 bridgehead atoms. The van der Waals surface area contributed by atoms with Crippen molar-refractivity contribution in [3.05, 3.63) is 0 Å². The Balaban J connectivity index is 2.76. The second kappa shape index (κ2) is 7.74. The lowest BCUT2D eigenvalue weighted by atomic mass is 9.87. The summed E-state index contributed by atoms with van der Waals surface area (Å²) in [6, 6.07) is 0.217. The Kier molecular flexibility index (Phi) is 6.65. The molecule has 2 atom stereocenters. The number of carbonyl (C=O) groups excluding carboxylic acids is 1. The van der Waals surface area contributed by atoms with Gasteiger partial charge in [-0.15, -0.1) is 0 Å². The van der Waals surface area contributed by atoms with Crippen molar-refractivity contribution in [2.45, 2.75) is 46.1 Å². The van der Waals surface area contributed by atoms with Crippen LogP contribution < -0.4 is 5.73 Å². The van der Waals surface area contributed by atoms with E-state index in [9.17, 15) is 4.79 Å². The first kappa shape index (κ1) is 15.4. The summed E-state index contributed by atoms with van der Waals surface area (Å²) in [5.41, 5.74) is 5.82. The van der Waals surface area contributed by atoms with Crippen LogP contribution in [0.1, 0.15) is 40.0 Å². The Morgan fingerprint density at radius 3 is 2.33 bits per heavy atom. The van der Waals surface area contributed by atoms with Gasteiger partial charge in [0.05, 0.1) is 12.5 Å². The van der Waals surface area contributed by atoms with E-state index >= 15 is 0 Å². The Morgan fingerprint density at radius 2 is 1.89 bits per heavy atom. The largest absolute Gasteiger partial charge is 0.466 e. The summed E-state index contributed by atoms with van der Waals surface area (Å²) >= 11 is 0. The van der Waals surface area contributed by atoms with Gasteiger partial charge in [0.25, 0.3) is 0 Å². The average molecular weight is 256 g/mol. The topological polar surface area (TPSA) is 55.6 Å². The molecule has 0 aromatic heterocycles. The maximum absolute atomic E-state index is 12.0. The second-order valence-corrected chi connectivity index (χ2v) is 5.43. The first-order valence-electron chi connectivity index (χ1n) is 7.22. The minimum Gasteiger partial charge on any atom is -0.466 e. The number of esters is 1. The molecular formula is C14H28N2O2. The van der Waals surface area contributed by atoms with E-state index in [0.717, 1.165) is 13.1 Å². The molecule has 0 aromatic rings. The van der Waals surface area contributed by atoms with Gasteiger partial charge < -0.3 is 10.5 Å². The minimum absolute atomic E-state index is 0.135. The lowest BCUT2D eigenvalue weighted by molar-refractivity contribution is -0.151. The number of ether oxygens (including phenoxy) is 1. The maximum Gasteiger partial charge on any atom is 0.311 e. The summed E-state index contributed by atoms with van der Waals surface area (Å²) in [5.74, 6) is 0.0911. The van der Waals surface area contributed by atoms with Gasteiger partial charge in [-0.05, 0) is 38.8 Å². The first-order valence-corrected chi connectivity index (χ1v) is 7.22. The fraction of sp³-hybridized carbons (Fsp3) is 0.929. The van der Waals surface area contributed by atoms with Crippen LogP contribution in [0.3, 0.4) is 0 Å². The summed E-state index contributed by atoms with van der Waals surface area (Å²) in [5, 5.41) is 0. The lowest BCUT2D eigenvalue weighted by Gasteiger charge is -2.40. The van der Waals surface area contributed by atoms with E-state index in [1.54, 1.807) is 0 Å². The summed E-state index contributed by atoms with van der Waals surface area (Å²) in [6.07, 6.45) is 3.75. The number of nitrogens with zero attached hydrogens (tertiary/aromatic N) is 1. The number of likely N-dealkylation sites (tertiary alicyclic amines) is 1. The number of hydrogen-bond acceptors (Lipinski definition) is 4. The van der Waals surface area contributed by atoms with Crippen LogP contribution in [0.15, 0.2) is 0 Å². The highest BCUT2D eigenvalue weighted by atomic mass is 16.5. The molecule has 0 spiro atoms. The predicted octanol–water partition coefficient (Wildman–Crippen LogP) is 1.63. The van der Waals surface area contributed by atoms with Crippen molar-refractivity contribution in [1.29, 1.82) is 0 Å². The van der Waals surface area contributed by atoms with Crippen molar-refractivity contribution in [3.8, 4) is 0 Å². The van der Waals surface area contributed by atoms with Crippen molar-refractivity contribution in [2.75, 3.05) is 26.2 Å². The summed E-state index contributed by atoms with van der Waals surface area (Å²) < 4.78 is 5.17. The van der Waals surface area contributed by atoms with Gasteiger partial charge in [-0.3, -0.25) is 9.69 Å². The molecule has 4 heteroatoms. The molecule has 0 amide bonds. The zero-order chi connectivity index (χ0) is 13.5. The second-order valence-electron chi connectivity index (χ2n) is 5.43. The number of rotatable bonds is 6. The molecule has 1 fully saturated rings. The van der Waals surface area contributed by atoms with Gasteiger partial charge in [-0.25, -0.2) is 0 Å². The molecule has 1 rings (SSSR count). The Hall–Kier alpha value is -0.610. The van der Waals surface area contributed by atoms with Crippen LogP contribution >= 0.6 is 0 Å². The van der Waals surface area contributed by atoms with Crippen molar-refractivity contribution in [3.63, 3.8) is 0 Å². The van der Waals surface area contributed by atoms with Gasteiger partial charge in [0.2, 0.25) is 0 Å². The zero-order valence-electron chi connectivity index (χ0n) is 12.0. The van der Waals surface area contributed by atoms with Crippen molar-refractivity contribution in [2.24, 2.45) is 17.6 Å². The monoisotopic (exact) mass is 256 g/mol. The van der Waals surface area contributed by atoms with Crippen LogP contribution in [0.4, 0.5) is 0 Å². The van der Waals surface area contributed by atoms with E-state index < -0.39 is 0 Å². The third-order valence-electron chi connectivity index (χ3n) is 3.75. The molecule has 0 unspecified atom stereocenters. The normalized spacial score (nSPS) is 20.7. The smallest absolute Gasteiger partial charge is 0.311 e. The molecule has 106 valence electrons. The fourth-order valence-electron chi connectivity index (χ4n) is 2.98. The van der Waals surface area contributed by atoms with Crippen LogP contribution in [-0.4, -0.2) is 43.2 Å². The van der Waals surface area contributed by atoms with Crippen LogP contribution in [-0.2, 0) is 9.53 Å². The van der Waals surface area contributed by atoms with E-state index in [-0.39, 0.29) is 17.9 Å². The molecule has 2 N–H and O–H groups in total. The molecule has 4 nitrogen and oxygen atoms in total. The molecule has 1 saturated heterocycles. The first-order chi connectivity index (χ1) is 8.61. The average Bonchev–Trinajstić information content (AvgIpc) is 2.36. The highest BCUT2D eigenvalue weighted by Crippen LogP contribution is 2.24. The summed E-state index contributed by atoms with van der Waals surface area (Å²) in [6.45, 7) is 9.15. The quantitative estimate of drug-likeness (QED) is 0.734. The van der Waals surface area contributed by atoms with E-state index in [0.29, 0.717) is 19.1 Å². The van der Waals surface area contributed by atoms with Crippen molar-refractivity contribution >= 4 is 5.97 Å². The molecule has 0 aromatic carbocycles. The van der Waals surface area contributed by atoms with Gasteiger partial charge in [0, 0.05) is 12.6 Å². The molecule has 1 aliphatic rings. The number of hydrogen-bond donors (Lipinski definition) is 1. The third-order valence-corrected chi connectivity index (χ3v) is 3.75. The molecule has 1 heterocycles. The zero-order valence-corrected chi connectivity index (χ0v) is 12.0. The van der Waals surface area contributed by atoms with Crippen LogP contribution in [0.2, 0.25) is 0 Å². The van der Waals surface area contributed by atoms with Gasteiger partial charge in [0.15, 0.2) is 0 Å². The number of piperidine rings is 1. The maximum atomic E-state index is 12.0. The Morgan fingerprint density at radius 1 is 1.28 bits per heavy atom. The predicted molar refractivity (Wildman–Crippen MR) is 73.2 cm³/mol. The fourth-order valence-corrected chi connectivity index (χ4v) is 2.98. The van der Waals surface area contributed by atoms with Crippen LogP contribution in [0.25, 0.3) is 0 Å². The minimum atomic E-state index is -0.192. The lowest BCUT2D eigenvalue weighted by Crippen LogP contribution is -2.51. The van der Waals surface area contributed by atoms with E-state index in [2.05, 4.69) is 18.7 Å². The molecule has 0 radical (unpaired) electrons. The van der Waals surface area contributed by atoms with Gasteiger partial charge in [-0.2, -0.15) is 0 Å². The highest BCUT2D eigenvalue weighted by molar-refractivity contribution is 5.73. The Bertz CT molecular complexity index is 250. The van der Waals surface area contributed by atoms with E-state index in [4.69, 9.17) is 10.5 Å². The van der Waals surface area contributed by atoms with E-state index in [1.807, 2.05) is 6.92 Å². The number of carbonyl (C=O) groups is 1. The highest BCUT2D eigenvalue weighted by Gasteiger charge is 2.35. The standard InChI is InChI=1S/C14H28N2O2/c1-4-18-14(17)12(10-15)13(11(2)3)16-8-6-5-7-9-16/h11-13H,4-10,15H2,1-3H3/t12-,13+/m1/s1. The molecule has 1 aliphatic heterocycles. The van der Waals surface area contributed by atoms with Crippen LogP contribution in [0.5, 0.6) is 0 Å². The van der Waals surface area contributed by atoms with E-state index in [1.165, 1.54) is 19.3 Å². The molecular weight excluding hydrogens is 228 g/mol. The Labute approximate surface area is 111 Å². The molecule has 18 heavy (non-hydrogen) atoms. The third kappa shape index (κ3) is 3.95.